The molecular weight excluding hydrogens is 387 g/mol. The van der Waals surface area contributed by atoms with Crippen molar-refractivity contribution in [1.29, 1.82) is 0 Å². The van der Waals surface area contributed by atoms with Crippen molar-refractivity contribution >= 4 is 27.5 Å². The second-order valence-electron chi connectivity index (χ2n) is 3.87. The smallest absolute Gasteiger partial charge is 0.0623 e. The van der Waals surface area contributed by atoms with Gasteiger partial charge in [0.05, 0.1) is 0 Å². The Hall–Kier alpha value is 0.813. The van der Waals surface area contributed by atoms with E-state index in [1.807, 2.05) is 36.4 Å². The molecular formula is C14H25Cl2OPRu. The Bertz CT molecular complexity index is 205. The average Bonchev–Trinajstić information content (AvgIpc) is 2.46. The van der Waals surface area contributed by atoms with Gasteiger partial charge in [-0.3, -0.25) is 0 Å². The Labute approximate surface area is 135 Å². The first-order valence-electron chi connectivity index (χ1n) is 6.51. The van der Waals surface area contributed by atoms with Crippen LogP contribution in [0.2, 0.25) is 0 Å². The minimum absolute atomic E-state index is 0.346. The predicted octanol–water partition coefficient (Wildman–Crippen LogP) is 6.04. The molecule has 0 bridgehead atoms. The van der Waals surface area contributed by atoms with E-state index in [9.17, 15) is 4.89 Å². The number of unbranched alkanes of at least 4 members (excludes halogenated alkanes) is 2. The van der Waals surface area contributed by atoms with Gasteiger partial charge in [-0.2, -0.15) is 0 Å². The summed E-state index contributed by atoms with van der Waals surface area (Å²) in [5.41, 5.74) is 0. The third-order valence-corrected chi connectivity index (χ3v) is 3.87. The zero-order valence-corrected chi connectivity index (χ0v) is 15.9. The van der Waals surface area contributed by atoms with Crippen molar-refractivity contribution in [3.63, 3.8) is 0 Å². The molecule has 1 N–H and O–H groups in total. The fourth-order valence-electron chi connectivity index (χ4n) is 1.18. The molecule has 0 heterocycles. The molecule has 19 heavy (non-hydrogen) atoms. The molecule has 0 fully saturated rings. The first kappa shape index (κ1) is 22.1. The van der Waals surface area contributed by atoms with Crippen molar-refractivity contribution in [2.24, 2.45) is 0 Å². The normalized spacial score (nSPS) is 9.37. The minimum Gasteiger partial charge on any atom is -0.0623 e. The van der Waals surface area contributed by atoms with Crippen LogP contribution in [0.4, 0.5) is 0 Å². The molecule has 5 heteroatoms. The zero-order chi connectivity index (χ0) is 14.8. The van der Waals surface area contributed by atoms with Crippen molar-refractivity contribution in [3.05, 3.63) is 36.4 Å². The summed E-state index contributed by atoms with van der Waals surface area (Å²) in [6, 6.07) is 12.0. The molecule has 0 aromatic heterocycles. The summed E-state index contributed by atoms with van der Waals surface area (Å²) in [6.07, 6.45) is 6.95. The van der Waals surface area contributed by atoms with Crippen molar-refractivity contribution in [2.45, 2.75) is 39.5 Å². The standard InChI is InChI=1S/C8H19OP.C6H6.2ClH.Ru/c1-3-5-7-10(9)8-6-4-2;1-2-4-6-5-3-1;;;/h9H,3-8H2,1-2H3;1-6H;2*1H;/q;;;;+2/p-2. The molecule has 1 aromatic carbocycles. The summed E-state index contributed by atoms with van der Waals surface area (Å²) in [7, 11) is 9.12. The Morgan fingerprint density at radius 2 is 1.11 bits per heavy atom. The molecule has 114 valence electrons. The second kappa shape index (κ2) is 21.1. The molecule has 0 spiro atoms. The van der Waals surface area contributed by atoms with Gasteiger partial charge in [0.2, 0.25) is 0 Å². The van der Waals surface area contributed by atoms with Crippen LogP contribution in [0.1, 0.15) is 39.5 Å². The zero-order valence-electron chi connectivity index (χ0n) is 11.7. The topological polar surface area (TPSA) is 20.2 Å². The largest absolute Gasteiger partial charge is 0.0623 e. The van der Waals surface area contributed by atoms with E-state index < -0.39 is 8.15 Å². The van der Waals surface area contributed by atoms with Crippen LogP contribution in [0.5, 0.6) is 0 Å². The van der Waals surface area contributed by atoms with E-state index in [0.29, 0.717) is 0 Å². The van der Waals surface area contributed by atoms with Crippen LogP contribution in [0.15, 0.2) is 36.4 Å². The molecule has 1 nitrogen and oxygen atoms in total. The monoisotopic (exact) mass is 412 g/mol. The minimum atomic E-state index is -0.592. The molecule has 0 saturated carbocycles. The first-order chi connectivity index (χ1) is 9.22. The fraction of sp³-hybridized carbons (Fsp3) is 0.571. The van der Waals surface area contributed by atoms with Crippen LogP contribution in [-0.2, 0) is 15.1 Å². The van der Waals surface area contributed by atoms with Gasteiger partial charge in [-0.15, -0.1) is 0 Å². The van der Waals surface area contributed by atoms with Gasteiger partial charge in [0.25, 0.3) is 0 Å². The molecule has 0 amide bonds. The van der Waals surface area contributed by atoms with Gasteiger partial charge in [0.15, 0.2) is 0 Å². The van der Waals surface area contributed by atoms with E-state index in [2.05, 4.69) is 13.8 Å². The van der Waals surface area contributed by atoms with Gasteiger partial charge in [0, 0.05) is 8.15 Å². The number of benzene rings is 1. The Morgan fingerprint density at radius 3 is 1.32 bits per heavy atom. The SMILES string of the molecule is CCCCP(O)CCCC.[Cl][Ru][Cl].c1ccccc1. The number of rotatable bonds is 6. The Morgan fingerprint density at radius 1 is 0.842 bits per heavy atom. The third-order valence-electron chi connectivity index (χ3n) is 2.21. The van der Waals surface area contributed by atoms with Crippen LogP contribution < -0.4 is 0 Å². The molecule has 1 rings (SSSR count). The van der Waals surface area contributed by atoms with Gasteiger partial charge in [-0.25, -0.2) is 0 Å². The van der Waals surface area contributed by atoms with Crippen molar-refractivity contribution in [2.75, 3.05) is 12.3 Å². The quantitative estimate of drug-likeness (QED) is 0.446. The van der Waals surface area contributed by atoms with Crippen LogP contribution in [0.3, 0.4) is 0 Å². The third kappa shape index (κ3) is 24.2. The Kier molecular flexibility index (Phi) is 24.6. The van der Waals surface area contributed by atoms with Gasteiger partial charge in [-0.1, -0.05) is 63.1 Å². The summed E-state index contributed by atoms with van der Waals surface area (Å²) in [4.78, 5) is 9.38. The van der Waals surface area contributed by atoms with Gasteiger partial charge in [0.1, 0.15) is 0 Å². The van der Waals surface area contributed by atoms with Crippen LogP contribution in [-0.4, -0.2) is 17.2 Å². The Balaban J connectivity index is 0. The second-order valence-corrected chi connectivity index (χ2v) is 8.41. The molecule has 0 saturated heterocycles. The maximum Gasteiger partial charge on any atom is -0.0623 e. The van der Waals surface area contributed by atoms with E-state index in [0.717, 1.165) is 12.3 Å². The molecule has 0 radical (unpaired) electrons. The van der Waals surface area contributed by atoms with Crippen molar-refractivity contribution in [1.82, 2.24) is 0 Å². The van der Waals surface area contributed by atoms with Crippen LogP contribution in [0.25, 0.3) is 0 Å². The molecule has 0 unspecified atom stereocenters. The van der Waals surface area contributed by atoms with E-state index in [-0.39, 0.29) is 15.1 Å². The predicted molar refractivity (Wildman–Crippen MR) is 86.8 cm³/mol. The molecule has 0 aliphatic heterocycles. The van der Waals surface area contributed by atoms with Crippen molar-refractivity contribution < 1.29 is 20.0 Å². The van der Waals surface area contributed by atoms with E-state index >= 15 is 0 Å². The summed E-state index contributed by atoms with van der Waals surface area (Å²) in [5, 5.41) is 0. The number of halogens is 2. The fourth-order valence-corrected chi connectivity index (χ4v) is 2.76. The van der Waals surface area contributed by atoms with E-state index in [1.54, 1.807) is 0 Å². The van der Waals surface area contributed by atoms with Gasteiger partial charge < -0.3 is 4.89 Å². The summed E-state index contributed by atoms with van der Waals surface area (Å²) in [6.45, 7) is 4.34. The van der Waals surface area contributed by atoms with E-state index in [1.165, 1.54) is 25.7 Å². The number of hydrogen-bond acceptors (Lipinski definition) is 1. The van der Waals surface area contributed by atoms with Crippen molar-refractivity contribution in [3.8, 4) is 0 Å². The summed E-state index contributed by atoms with van der Waals surface area (Å²) >= 11 is -0.346. The summed E-state index contributed by atoms with van der Waals surface area (Å²) in [5.74, 6) is 0. The first-order valence-corrected chi connectivity index (χ1v) is 12.7. The molecule has 0 atom stereocenters. The van der Waals surface area contributed by atoms with Crippen LogP contribution >= 0.6 is 27.5 Å². The van der Waals surface area contributed by atoms with Gasteiger partial charge >= 0.3 is 34.5 Å². The maximum atomic E-state index is 9.38. The van der Waals surface area contributed by atoms with E-state index in [4.69, 9.17) is 19.4 Å². The molecule has 1 aromatic rings. The summed E-state index contributed by atoms with van der Waals surface area (Å²) < 4.78 is 0. The molecule has 0 aliphatic carbocycles. The average molecular weight is 412 g/mol. The van der Waals surface area contributed by atoms with Crippen LogP contribution in [0, 0.1) is 0 Å². The molecule has 0 aliphatic rings. The maximum absolute atomic E-state index is 9.38. The number of hydrogen-bond donors (Lipinski definition) is 1. The van der Waals surface area contributed by atoms with Gasteiger partial charge in [-0.05, 0) is 25.2 Å².